The van der Waals surface area contributed by atoms with Crippen molar-refractivity contribution < 1.29 is 9.90 Å². The lowest BCUT2D eigenvalue weighted by atomic mass is 9.74. The standard InChI is InChI=1S/C28H40NO2/c1-25(2,3)17-13-19(27(7,8)9)23(30)21(15-17)29-22-16-18(26(4,5)6)14-20(24(22)31)28(10,11)12/h13-16H,1-12H3. The van der Waals surface area contributed by atoms with Crippen LogP contribution in [0, 0.1) is 10.8 Å². The Hall–Kier alpha value is -2.16. The maximum Gasteiger partial charge on any atom is 0.207 e. The van der Waals surface area contributed by atoms with Gasteiger partial charge < -0.3 is 0 Å². The summed E-state index contributed by atoms with van der Waals surface area (Å²) in [5.41, 5.74) is 3.35. The van der Waals surface area contributed by atoms with Gasteiger partial charge in [0, 0.05) is 11.1 Å². The summed E-state index contributed by atoms with van der Waals surface area (Å²) in [6.07, 6.45) is 3.86. The number of hydrogen-bond donors (Lipinski definition) is 0. The fourth-order valence-electron chi connectivity index (χ4n) is 3.50. The number of hydrogen-bond acceptors (Lipinski definition) is 2. The highest BCUT2D eigenvalue weighted by molar-refractivity contribution is 6.51. The zero-order valence-electron chi connectivity index (χ0n) is 21.6. The summed E-state index contributed by atoms with van der Waals surface area (Å²) in [6, 6.07) is 3.86. The average Bonchev–Trinajstić information content (AvgIpc) is 2.53. The molecule has 0 bridgehead atoms. The molecule has 0 N–H and O–H groups in total. The van der Waals surface area contributed by atoms with Gasteiger partial charge in [-0.25, -0.2) is 4.99 Å². The largest absolute Gasteiger partial charge is 0.287 e. The Kier molecular flexibility index (Phi) is 6.28. The molecule has 1 aromatic rings. The average molecular weight is 423 g/mol. The number of rotatable bonds is 1. The third kappa shape index (κ3) is 5.56. The molecule has 0 aromatic heterocycles. The van der Waals surface area contributed by atoms with Crippen molar-refractivity contribution in [2.45, 2.75) is 93.9 Å². The highest BCUT2D eigenvalue weighted by Crippen LogP contribution is 2.43. The van der Waals surface area contributed by atoms with E-state index in [0.29, 0.717) is 11.4 Å². The van der Waals surface area contributed by atoms with Crippen molar-refractivity contribution in [3.63, 3.8) is 0 Å². The number of carbonyl (C=O) groups excluding carboxylic acids is 1. The van der Waals surface area contributed by atoms with Crippen LogP contribution < -0.4 is 0 Å². The summed E-state index contributed by atoms with van der Waals surface area (Å²) in [5.74, 6) is -0.197. The number of benzene rings is 1. The van der Waals surface area contributed by atoms with Gasteiger partial charge in [-0.2, -0.15) is 0 Å². The molecule has 1 aliphatic rings. The van der Waals surface area contributed by atoms with Crippen molar-refractivity contribution >= 4 is 17.2 Å². The Bertz CT molecular complexity index is 976. The zero-order chi connectivity index (χ0) is 24.2. The van der Waals surface area contributed by atoms with E-state index in [1.54, 1.807) is 0 Å². The first-order chi connectivity index (χ1) is 13.7. The molecule has 1 aromatic carbocycles. The number of nitrogens with zero attached hydrogens (tertiary/aromatic N) is 1. The number of ketones is 1. The fourth-order valence-corrected chi connectivity index (χ4v) is 3.50. The summed E-state index contributed by atoms with van der Waals surface area (Å²) in [4.78, 5) is 18.1. The first-order valence-corrected chi connectivity index (χ1v) is 11.2. The van der Waals surface area contributed by atoms with Gasteiger partial charge in [0.1, 0.15) is 11.4 Å². The highest BCUT2D eigenvalue weighted by atomic mass is 16.3. The molecule has 3 nitrogen and oxygen atoms in total. The highest BCUT2D eigenvalue weighted by Gasteiger charge is 2.33. The quantitative estimate of drug-likeness (QED) is 0.423. The van der Waals surface area contributed by atoms with Crippen LogP contribution >= 0.6 is 0 Å². The molecule has 3 heteroatoms. The van der Waals surface area contributed by atoms with Crippen molar-refractivity contribution in [3.05, 3.63) is 46.6 Å². The minimum Gasteiger partial charge on any atom is -0.287 e. The normalized spacial score (nSPS) is 17.7. The summed E-state index contributed by atoms with van der Waals surface area (Å²) in [7, 11) is 0. The zero-order valence-corrected chi connectivity index (χ0v) is 21.6. The van der Waals surface area contributed by atoms with Crippen LogP contribution in [0.1, 0.15) is 94.2 Å². The molecule has 0 aliphatic heterocycles. The molecule has 0 spiro atoms. The molecule has 31 heavy (non-hydrogen) atoms. The number of Topliss-reactive ketones (excluding diaryl/α,β-unsaturated/α-hetero) is 1. The van der Waals surface area contributed by atoms with Crippen LogP contribution in [0.5, 0.6) is 5.75 Å². The maximum atomic E-state index is 13.4. The van der Waals surface area contributed by atoms with E-state index in [9.17, 15) is 9.90 Å². The predicted molar refractivity (Wildman–Crippen MR) is 131 cm³/mol. The number of aliphatic imine (C=N–C) groups is 1. The Balaban J connectivity index is 2.82. The molecular weight excluding hydrogens is 382 g/mol. The second kappa shape index (κ2) is 7.76. The molecular formula is C28H40NO2. The van der Waals surface area contributed by atoms with E-state index in [0.717, 1.165) is 22.3 Å². The minimum atomic E-state index is -0.313. The van der Waals surface area contributed by atoms with Gasteiger partial charge in [0.2, 0.25) is 11.5 Å². The molecule has 0 atom stereocenters. The lowest BCUT2D eigenvalue weighted by Crippen LogP contribution is -2.29. The molecule has 1 radical (unpaired) electrons. The molecule has 0 amide bonds. The van der Waals surface area contributed by atoms with Crippen LogP contribution in [0.2, 0.25) is 0 Å². The van der Waals surface area contributed by atoms with Crippen LogP contribution in [-0.2, 0) is 20.7 Å². The molecule has 169 valence electrons. The van der Waals surface area contributed by atoms with Crippen LogP contribution in [0.3, 0.4) is 0 Å². The Labute approximate surface area is 189 Å². The van der Waals surface area contributed by atoms with Crippen molar-refractivity contribution in [2.24, 2.45) is 15.8 Å². The SMILES string of the molecule is CC(C)(C)C1=CC(=Nc2cc(C(C)(C)C)cc(C(C)(C)C)c2[O])C(=O)C(C(C)(C)C)=C1. The van der Waals surface area contributed by atoms with E-state index >= 15 is 0 Å². The summed E-state index contributed by atoms with van der Waals surface area (Å²) < 4.78 is 0. The van der Waals surface area contributed by atoms with E-state index in [1.807, 2.05) is 65.8 Å². The van der Waals surface area contributed by atoms with Crippen LogP contribution in [0.15, 0.2) is 40.4 Å². The van der Waals surface area contributed by atoms with Crippen LogP contribution in [0.4, 0.5) is 5.69 Å². The van der Waals surface area contributed by atoms with E-state index in [-0.39, 0.29) is 33.2 Å². The second-order valence-electron chi connectivity index (χ2n) is 12.9. The predicted octanol–water partition coefficient (Wildman–Crippen LogP) is 8.03. The fraction of sp³-hybridized carbons (Fsp3) is 0.571. The maximum absolute atomic E-state index is 13.4. The second-order valence-corrected chi connectivity index (χ2v) is 12.9. The lowest BCUT2D eigenvalue weighted by Gasteiger charge is -2.30. The van der Waals surface area contributed by atoms with E-state index < -0.39 is 0 Å². The summed E-state index contributed by atoms with van der Waals surface area (Å²) >= 11 is 0. The van der Waals surface area contributed by atoms with Gasteiger partial charge in [0.05, 0.1) is 0 Å². The van der Waals surface area contributed by atoms with Gasteiger partial charge in [-0.15, -0.1) is 0 Å². The Morgan fingerprint density at radius 3 is 1.65 bits per heavy atom. The van der Waals surface area contributed by atoms with E-state index in [4.69, 9.17) is 4.99 Å². The third-order valence-corrected chi connectivity index (χ3v) is 5.73. The Morgan fingerprint density at radius 2 is 1.23 bits per heavy atom. The van der Waals surface area contributed by atoms with Crippen LogP contribution in [0.25, 0.3) is 0 Å². The van der Waals surface area contributed by atoms with Gasteiger partial charge in [-0.05, 0) is 44.9 Å². The van der Waals surface area contributed by atoms with E-state index in [1.165, 1.54) is 0 Å². The summed E-state index contributed by atoms with van der Waals surface area (Å²) in [5, 5.41) is 13.4. The van der Waals surface area contributed by atoms with Gasteiger partial charge in [-0.1, -0.05) is 95.2 Å². The smallest absolute Gasteiger partial charge is 0.207 e. The topological polar surface area (TPSA) is 49.3 Å². The molecule has 0 fully saturated rings. The van der Waals surface area contributed by atoms with Crippen molar-refractivity contribution in [1.29, 1.82) is 0 Å². The molecule has 0 saturated carbocycles. The van der Waals surface area contributed by atoms with Crippen molar-refractivity contribution in [2.75, 3.05) is 0 Å². The third-order valence-electron chi connectivity index (χ3n) is 5.73. The number of allylic oxidation sites excluding steroid dienone is 4. The van der Waals surface area contributed by atoms with E-state index in [2.05, 4.69) is 41.5 Å². The monoisotopic (exact) mass is 422 g/mol. The minimum absolute atomic E-state index is 0.0987. The molecule has 0 heterocycles. The lowest BCUT2D eigenvalue weighted by molar-refractivity contribution is -0.110. The van der Waals surface area contributed by atoms with Gasteiger partial charge >= 0.3 is 0 Å². The molecule has 0 unspecified atom stereocenters. The van der Waals surface area contributed by atoms with Gasteiger partial charge in [0.25, 0.3) is 0 Å². The first-order valence-electron chi connectivity index (χ1n) is 11.2. The van der Waals surface area contributed by atoms with Gasteiger partial charge in [-0.3, -0.25) is 9.90 Å². The number of carbonyl (C=O) groups is 1. The van der Waals surface area contributed by atoms with Crippen molar-refractivity contribution in [3.8, 4) is 5.75 Å². The van der Waals surface area contributed by atoms with Gasteiger partial charge in [0.15, 0.2) is 0 Å². The molecule has 2 rings (SSSR count). The molecule has 1 aliphatic carbocycles. The summed E-state index contributed by atoms with van der Waals surface area (Å²) in [6.45, 7) is 25.0. The first kappa shape index (κ1) is 25.1. The van der Waals surface area contributed by atoms with Crippen LogP contribution in [-0.4, -0.2) is 11.5 Å². The Morgan fingerprint density at radius 1 is 0.677 bits per heavy atom. The molecule has 0 saturated heterocycles. The van der Waals surface area contributed by atoms with Crippen molar-refractivity contribution in [1.82, 2.24) is 0 Å².